The van der Waals surface area contributed by atoms with E-state index in [2.05, 4.69) is 0 Å². The minimum atomic E-state index is -4.27. The van der Waals surface area contributed by atoms with Gasteiger partial charge in [0.1, 0.15) is 4.90 Å². The first-order valence-electron chi connectivity index (χ1n) is 5.18. The number of nitrogen functional groups attached to an aromatic ring is 1. The Balaban J connectivity index is 3.13. The van der Waals surface area contributed by atoms with Gasteiger partial charge in [0.05, 0.1) is 16.7 Å². The largest absolute Gasteiger partial charge is 0.397 e. The zero-order valence-corrected chi connectivity index (χ0v) is 12.0. The second kappa shape index (κ2) is 6.24. The van der Waals surface area contributed by atoms with Crippen molar-refractivity contribution >= 4 is 32.2 Å². The number of nitro benzene ring substituents is 1. The van der Waals surface area contributed by atoms with Crippen LogP contribution in [0.3, 0.4) is 0 Å². The van der Waals surface area contributed by atoms with Gasteiger partial charge in [0.15, 0.2) is 5.82 Å². The van der Waals surface area contributed by atoms with Gasteiger partial charge in [-0.2, -0.15) is 0 Å². The number of hydrogen-bond acceptors (Lipinski definition) is 6. The average Bonchev–Trinajstić information content (AvgIpc) is 2.26. The summed E-state index contributed by atoms with van der Waals surface area (Å²) in [5, 5.41) is 10.5. The first kappa shape index (κ1) is 16.5. The van der Waals surface area contributed by atoms with Crippen molar-refractivity contribution in [2.24, 2.45) is 0 Å². The minimum Gasteiger partial charge on any atom is -0.397 e. The molecule has 0 fully saturated rings. The lowest BCUT2D eigenvalue weighted by atomic mass is 10.3. The SMILES string of the molecule is CS(=O)CCNS(=O)(=O)c1c(N)cc([N+](=O)[O-])cc1F. The molecule has 0 heterocycles. The summed E-state index contributed by atoms with van der Waals surface area (Å²) in [6.07, 6.45) is 1.38. The van der Waals surface area contributed by atoms with E-state index in [1.54, 1.807) is 0 Å². The van der Waals surface area contributed by atoms with Gasteiger partial charge in [-0.1, -0.05) is 0 Å². The van der Waals surface area contributed by atoms with Crippen molar-refractivity contribution in [1.82, 2.24) is 4.72 Å². The summed E-state index contributed by atoms with van der Waals surface area (Å²) in [5.74, 6) is -1.27. The van der Waals surface area contributed by atoms with Crippen molar-refractivity contribution in [1.29, 1.82) is 0 Å². The maximum absolute atomic E-state index is 13.7. The van der Waals surface area contributed by atoms with Crippen molar-refractivity contribution in [2.75, 3.05) is 24.3 Å². The molecular weight excluding hydrogens is 313 g/mol. The molecule has 1 unspecified atom stereocenters. The molecule has 1 aromatic carbocycles. The van der Waals surface area contributed by atoms with Crippen LogP contribution in [0.15, 0.2) is 17.0 Å². The van der Waals surface area contributed by atoms with Crippen LogP contribution in [-0.2, 0) is 20.8 Å². The van der Waals surface area contributed by atoms with Gasteiger partial charge in [-0.25, -0.2) is 17.5 Å². The van der Waals surface area contributed by atoms with Crippen molar-refractivity contribution in [2.45, 2.75) is 4.90 Å². The van der Waals surface area contributed by atoms with Crippen LogP contribution in [0.1, 0.15) is 0 Å². The maximum Gasteiger partial charge on any atom is 0.274 e. The zero-order chi connectivity index (χ0) is 15.5. The Hall–Kier alpha value is -1.59. The van der Waals surface area contributed by atoms with Crippen LogP contribution in [0.5, 0.6) is 0 Å². The molecule has 0 amide bonds. The van der Waals surface area contributed by atoms with Crippen molar-refractivity contribution < 1.29 is 21.9 Å². The van der Waals surface area contributed by atoms with Gasteiger partial charge < -0.3 is 5.73 Å². The summed E-state index contributed by atoms with van der Waals surface area (Å²) in [6.45, 7) is -0.165. The van der Waals surface area contributed by atoms with Crippen LogP contribution < -0.4 is 10.5 Å². The van der Waals surface area contributed by atoms with E-state index in [4.69, 9.17) is 5.73 Å². The van der Waals surface area contributed by atoms with Gasteiger partial charge in [0.2, 0.25) is 10.0 Å². The van der Waals surface area contributed by atoms with Crippen LogP contribution in [0.4, 0.5) is 15.8 Å². The molecule has 0 aliphatic rings. The predicted octanol–water partition coefficient (Wildman–Crippen LogP) is -0.0271. The Morgan fingerprint density at radius 3 is 2.55 bits per heavy atom. The van der Waals surface area contributed by atoms with Gasteiger partial charge in [0, 0.05) is 35.4 Å². The summed E-state index contributed by atoms with van der Waals surface area (Å²) in [4.78, 5) is 8.76. The average molecular weight is 325 g/mol. The highest BCUT2D eigenvalue weighted by molar-refractivity contribution is 7.89. The highest BCUT2D eigenvalue weighted by Gasteiger charge is 2.25. The number of rotatable bonds is 6. The second-order valence-electron chi connectivity index (χ2n) is 3.78. The number of hydrogen-bond donors (Lipinski definition) is 2. The Kier molecular flexibility index (Phi) is 5.14. The smallest absolute Gasteiger partial charge is 0.274 e. The van der Waals surface area contributed by atoms with Crippen molar-refractivity contribution in [3.8, 4) is 0 Å². The molecule has 0 bridgehead atoms. The summed E-state index contributed by atoms with van der Waals surface area (Å²) in [5.41, 5.74) is 4.14. The minimum absolute atomic E-state index is 0.0493. The summed E-state index contributed by atoms with van der Waals surface area (Å²) < 4.78 is 50.2. The van der Waals surface area contributed by atoms with E-state index in [-0.39, 0.29) is 12.3 Å². The van der Waals surface area contributed by atoms with Crippen LogP contribution in [-0.4, -0.2) is 36.1 Å². The Morgan fingerprint density at radius 1 is 1.50 bits per heavy atom. The highest BCUT2D eigenvalue weighted by Crippen LogP contribution is 2.27. The van der Waals surface area contributed by atoms with E-state index in [0.717, 1.165) is 6.07 Å². The molecule has 0 spiro atoms. The number of anilines is 1. The maximum atomic E-state index is 13.7. The summed E-state index contributed by atoms with van der Waals surface area (Å²) in [6, 6.07) is 1.23. The monoisotopic (exact) mass is 325 g/mol. The van der Waals surface area contributed by atoms with Gasteiger partial charge in [-0.15, -0.1) is 0 Å². The molecule has 0 saturated carbocycles. The quantitative estimate of drug-likeness (QED) is 0.429. The number of nitro groups is 1. The fourth-order valence-corrected chi connectivity index (χ4v) is 3.10. The van der Waals surface area contributed by atoms with E-state index in [1.807, 2.05) is 4.72 Å². The lowest BCUT2D eigenvalue weighted by Crippen LogP contribution is -2.29. The van der Waals surface area contributed by atoms with Crippen LogP contribution >= 0.6 is 0 Å². The topological polar surface area (TPSA) is 132 Å². The molecule has 11 heteroatoms. The molecule has 1 atom stereocenters. The fourth-order valence-electron chi connectivity index (χ4n) is 1.38. The van der Waals surface area contributed by atoms with E-state index < -0.39 is 47.8 Å². The molecule has 20 heavy (non-hydrogen) atoms. The van der Waals surface area contributed by atoms with Gasteiger partial charge in [-0.05, 0) is 0 Å². The molecule has 1 rings (SSSR count). The molecule has 3 N–H and O–H groups in total. The van der Waals surface area contributed by atoms with E-state index in [0.29, 0.717) is 6.07 Å². The first-order valence-corrected chi connectivity index (χ1v) is 8.39. The Bertz CT molecular complexity index is 639. The lowest BCUT2D eigenvalue weighted by molar-refractivity contribution is -0.385. The van der Waals surface area contributed by atoms with E-state index in [9.17, 15) is 27.1 Å². The summed E-state index contributed by atoms with van der Waals surface area (Å²) >= 11 is 0. The van der Waals surface area contributed by atoms with Crippen molar-refractivity contribution in [3.63, 3.8) is 0 Å². The normalized spacial score (nSPS) is 13.1. The Labute approximate surface area is 116 Å². The molecule has 112 valence electrons. The molecule has 0 saturated heterocycles. The number of non-ortho nitro benzene ring substituents is 1. The third-order valence-corrected chi connectivity index (χ3v) is 4.55. The number of nitrogens with two attached hydrogens (primary N) is 1. The zero-order valence-electron chi connectivity index (χ0n) is 10.3. The van der Waals surface area contributed by atoms with Crippen LogP contribution in [0.2, 0.25) is 0 Å². The molecule has 0 aliphatic heterocycles. The number of sulfonamides is 1. The molecular formula is C9H12FN3O5S2. The van der Waals surface area contributed by atoms with Crippen LogP contribution in [0, 0.1) is 15.9 Å². The molecule has 1 aromatic rings. The van der Waals surface area contributed by atoms with Gasteiger partial charge in [-0.3, -0.25) is 14.3 Å². The van der Waals surface area contributed by atoms with E-state index >= 15 is 0 Å². The second-order valence-corrected chi connectivity index (χ2v) is 7.04. The number of halogens is 1. The molecule has 0 aliphatic carbocycles. The number of benzene rings is 1. The molecule has 0 aromatic heterocycles. The highest BCUT2D eigenvalue weighted by atomic mass is 32.2. The van der Waals surface area contributed by atoms with Gasteiger partial charge in [0.25, 0.3) is 5.69 Å². The third kappa shape index (κ3) is 3.95. The number of nitrogens with zero attached hydrogens (tertiary/aromatic N) is 1. The van der Waals surface area contributed by atoms with E-state index in [1.165, 1.54) is 6.26 Å². The first-order chi connectivity index (χ1) is 9.15. The number of nitrogens with one attached hydrogen (secondary N) is 1. The van der Waals surface area contributed by atoms with Crippen LogP contribution in [0.25, 0.3) is 0 Å². The Morgan fingerprint density at radius 2 is 2.10 bits per heavy atom. The fraction of sp³-hybridized carbons (Fsp3) is 0.333. The standard InChI is InChI=1S/C9H12FN3O5S2/c1-19(16)3-2-12-20(17,18)9-7(10)4-6(13(14)15)5-8(9)11/h4-5,12H,2-3,11H2,1H3. The summed E-state index contributed by atoms with van der Waals surface area (Å²) in [7, 11) is -5.49. The molecule has 0 radical (unpaired) electrons. The predicted molar refractivity (Wildman–Crippen MR) is 71.6 cm³/mol. The van der Waals surface area contributed by atoms with Gasteiger partial charge >= 0.3 is 0 Å². The third-order valence-electron chi connectivity index (χ3n) is 2.22. The lowest BCUT2D eigenvalue weighted by Gasteiger charge is -2.09. The van der Waals surface area contributed by atoms with Crippen molar-refractivity contribution in [3.05, 3.63) is 28.1 Å². The molecule has 8 nitrogen and oxygen atoms in total.